The number of nitrogens with zero attached hydrogens (tertiary/aromatic N) is 1. The van der Waals surface area contributed by atoms with Gasteiger partial charge in [-0.15, -0.1) is 0 Å². The monoisotopic (exact) mass is 284 g/mol. The fraction of sp³-hybridized carbons (Fsp3) is 0.600. The van der Waals surface area contributed by atoms with E-state index in [0.717, 1.165) is 19.2 Å². The summed E-state index contributed by atoms with van der Waals surface area (Å²) in [6.07, 6.45) is -0.594. The van der Waals surface area contributed by atoms with Crippen LogP contribution in [0.4, 0.5) is 18.9 Å². The van der Waals surface area contributed by atoms with Gasteiger partial charge in [-0.25, -0.2) is 0 Å². The van der Waals surface area contributed by atoms with Gasteiger partial charge in [0.1, 0.15) is 0 Å². The summed E-state index contributed by atoms with van der Waals surface area (Å²) < 4.78 is 39.2. The predicted octanol–water partition coefficient (Wildman–Crippen LogP) is 3.52. The van der Waals surface area contributed by atoms with Gasteiger partial charge in [-0.2, -0.15) is 13.2 Å². The third-order valence-corrected chi connectivity index (χ3v) is 4.64. The Bertz CT molecular complexity index is 486. The van der Waals surface area contributed by atoms with Crippen LogP contribution in [-0.2, 0) is 12.7 Å². The number of fused-ring (bicyclic) bond motifs is 1. The van der Waals surface area contributed by atoms with Gasteiger partial charge in [0.15, 0.2) is 0 Å². The maximum absolute atomic E-state index is 13.1. The summed E-state index contributed by atoms with van der Waals surface area (Å²) in [5.41, 5.74) is 5.41. The topological polar surface area (TPSA) is 29.3 Å². The second-order valence-electron chi connectivity index (χ2n) is 6.06. The summed E-state index contributed by atoms with van der Waals surface area (Å²) in [4.78, 5) is 2.16. The fourth-order valence-electron chi connectivity index (χ4n) is 3.70. The molecular formula is C15H19F3N2. The zero-order chi connectivity index (χ0) is 14.3. The van der Waals surface area contributed by atoms with E-state index in [-0.39, 0.29) is 5.69 Å². The van der Waals surface area contributed by atoms with Crippen LogP contribution in [0.3, 0.4) is 0 Å². The van der Waals surface area contributed by atoms with Crippen LogP contribution in [0.25, 0.3) is 0 Å². The molecule has 0 radical (unpaired) electrons. The van der Waals surface area contributed by atoms with E-state index in [1.54, 1.807) is 6.07 Å². The van der Waals surface area contributed by atoms with Crippen molar-refractivity contribution in [1.82, 2.24) is 4.90 Å². The Morgan fingerprint density at radius 2 is 1.80 bits per heavy atom. The SMILES string of the molecule is Nc1ccc(CN2CC3CCCC3C2)c(C(F)(F)F)c1. The van der Waals surface area contributed by atoms with Crippen LogP contribution in [0.5, 0.6) is 0 Å². The molecule has 0 spiro atoms. The lowest BCUT2D eigenvalue weighted by atomic mass is 10.0. The molecule has 1 saturated heterocycles. The number of hydrogen-bond acceptors (Lipinski definition) is 2. The zero-order valence-electron chi connectivity index (χ0n) is 11.3. The van der Waals surface area contributed by atoms with Crippen molar-refractivity contribution in [2.45, 2.75) is 32.0 Å². The highest BCUT2D eigenvalue weighted by atomic mass is 19.4. The highest BCUT2D eigenvalue weighted by Gasteiger charge is 2.38. The van der Waals surface area contributed by atoms with Crippen LogP contribution in [-0.4, -0.2) is 18.0 Å². The highest BCUT2D eigenvalue weighted by molar-refractivity contribution is 5.46. The number of rotatable bonds is 2. The van der Waals surface area contributed by atoms with E-state index < -0.39 is 11.7 Å². The molecule has 2 unspecified atom stereocenters. The number of halogens is 3. The first-order chi connectivity index (χ1) is 9.43. The van der Waals surface area contributed by atoms with Gasteiger partial charge in [0.05, 0.1) is 5.56 Å². The summed E-state index contributed by atoms with van der Waals surface area (Å²) in [6, 6.07) is 4.12. The fourth-order valence-corrected chi connectivity index (χ4v) is 3.70. The third kappa shape index (κ3) is 2.64. The number of anilines is 1. The molecule has 1 aliphatic carbocycles. The van der Waals surface area contributed by atoms with Gasteiger partial charge in [-0.1, -0.05) is 12.5 Å². The van der Waals surface area contributed by atoms with E-state index >= 15 is 0 Å². The van der Waals surface area contributed by atoms with Crippen molar-refractivity contribution in [2.75, 3.05) is 18.8 Å². The minimum Gasteiger partial charge on any atom is -0.399 e. The van der Waals surface area contributed by atoms with Crippen molar-refractivity contribution in [3.8, 4) is 0 Å². The van der Waals surface area contributed by atoms with E-state index in [1.165, 1.54) is 25.3 Å². The minimum atomic E-state index is -4.33. The Morgan fingerprint density at radius 1 is 1.15 bits per heavy atom. The lowest BCUT2D eigenvalue weighted by Crippen LogP contribution is -2.23. The van der Waals surface area contributed by atoms with Crippen LogP contribution >= 0.6 is 0 Å². The number of nitrogens with two attached hydrogens (primary N) is 1. The molecule has 0 bridgehead atoms. The second-order valence-corrected chi connectivity index (χ2v) is 6.06. The van der Waals surface area contributed by atoms with Crippen molar-refractivity contribution in [3.05, 3.63) is 29.3 Å². The van der Waals surface area contributed by atoms with Gasteiger partial charge in [0.2, 0.25) is 0 Å². The van der Waals surface area contributed by atoms with Gasteiger partial charge >= 0.3 is 6.18 Å². The Balaban J connectivity index is 1.78. The average Bonchev–Trinajstić information content (AvgIpc) is 2.90. The van der Waals surface area contributed by atoms with Gasteiger partial charge in [-0.05, 0) is 42.4 Å². The number of hydrogen-bond donors (Lipinski definition) is 1. The number of nitrogen functional groups attached to an aromatic ring is 1. The minimum absolute atomic E-state index is 0.166. The summed E-state index contributed by atoms with van der Waals surface area (Å²) in [5.74, 6) is 1.39. The van der Waals surface area contributed by atoms with Gasteiger partial charge in [0.25, 0.3) is 0 Å². The van der Waals surface area contributed by atoms with Crippen LogP contribution < -0.4 is 5.73 Å². The van der Waals surface area contributed by atoms with Gasteiger partial charge < -0.3 is 5.73 Å². The molecule has 0 amide bonds. The molecule has 2 fully saturated rings. The molecule has 2 aliphatic rings. The molecular weight excluding hydrogens is 265 g/mol. The van der Waals surface area contributed by atoms with Gasteiger partial charge in [-0.3, -0.25) is 4.90 Å². The first-order valence-electron chi connectivity index (χ1n) is 7.11. The maximum atomic E-state index is 13.1. The summed E-state index contributed by atoms with van der Waals surface area (Å²) >= 11 is 0. The van der Waals surface area contributed by atoms with Crippen LogP contribution in [0.1, 0.15) is 30.4 Å². The lowest BCUT2D eigenvalue weighted by molar-refractivity contribution is -0.138. The standard InChI is InChI=1S/C15H19F3N2/c16-15(17,18)14-6-13(19)5-4-12(14)9-20-7-10-2-1-3-11(10)8-20/h4-6,10-11H,1-3,7-9,19H2. The predicted molar refractivity (Wildman–Crippen MR) is 72.0 cm³/mol. The largest absolute Gasteiger partial charge is 0.416 e. The van der Waals surface area contributed by atoms with E-state index in [9.17, 15) is 13.2 Å². The number of benzene rings is 1. The smallest absolute Gasteiger partial charge is 0.399 e. The highest BCUT2D eigenvalue weighted by Crippen LogP contribution is 2.39. The molecule has 1 aromatic carbocycles. The molecule has 20 heavy (non-hydrogen) atoms. The number of likely N-dealkylation sites (tertiary alicyclic amines) is 1. The first kappa shape index (κ1) is 13.7. The molecule has 110 valence electrons. The van der Waals surface area contributed by atoms with Crippen molar-refractivity contribution >= 4 is 5.69 Å². The molecule has 1 heterocycles. The van der Waals surface area contributed by atoms with Crippen molar-refractivity contribution in [3.63, 3.8) is 0 Å². The lowest BCUT2D eigenvalue weighted by Gasteiger charge is -2.20. The normalized spacial score (nSPS) is 26.9. The Kier molecular flexibility index (Phi) is 3.40. The molecule has 3 rings (SSSR count). The summed E-state index contributed by atoms with van der Waals surface area (Å²) in [5, 5.41) is 0. The molecule has 1 aromatic rings. The van der Waals surface area contributed by atoms with Crippen LogP contribution in [0.2, 0.25) is 0 Å². The Morgan fingerprint density at radius 3 is 2.40 bits per heavy atom. The van der Waals surface area contributed by atoms with Crippen molar-refractivity contribution in [1.29, 1.82) is 0 Å². The van der Waals surface area contributed by atoms with Gasteiger partial charge in [0, 0.05) is 25.3 Å². The molecule has 2 N–H and O–H groups in total. The average molecular weight is 284 g/mol. The Hall–Kier alpha value is -1.23. The van der Waals surface area contributed by atoms with Crippen molar-refractivity contribution < 1.29 is 13.2 Å². The Labute approximate surface area is 116 Å². The van der Waals surface area contributed by atoms with Crippen molar-refractivity contribution in [2.24, 2.45) is 11.8 Å². The van der Waals surface area contributed by atoms with E-state index in [0.29, 0.717) is 23.9 Å². The summed E-state index contributed by atoms with van der Waals surface area (Å²) in [6.45, 7) is 2.25. The molecule has 2 nitrogen and oxygen atoms in total. The van der Waals surface area contributed by atoms with E-state index in [4.69, 9.17) is 5.73 Å². The molecule has 1 aliphatic heterocycles. The zero-order valence-corrected chi connectivity index (χ0v) is 11.3. The van der Waals surface area contributed by atoms with E-state index in [2.05, 4.69) is 4.90 Å². The van der Waals surface area contributed by atoms with Crippen LogP contribution in [0.15, 0.2) is 18.2 Å². The molecule has 1 saturated carbocycles. The molecule has 5 heteroatoms. The third-order valence-electron chi connectivity index (χ3n) is 4.64. The second kappa shape index (κ2) is 4.95. The maximum Gasteiger partial charge on any atom is 0.416 e. The van der Waals surface area contributed by atoms with Crippen LogP contribution in [0, 0.1) is 11.8 Å². The van der Waals surface area contributed by atoms with E-state index in [1.807, 2.05) is 0 Å². The molecule has 0 aromatic heterocycles. The number of alkyl halides is 3. The quantitative estimate of drug-likeness (QED) is 0.842. The first-order valence-corrected chi connectivity index (χ1v) is 7.11. The summed E-state index contributed by atoms with van der Waals surface area (Å²) in [7, 11) is 0. The molecule has 2 atom stereocenters.